The molecule has 1 heterocycles. The number of hydrogen-bond donors (Lipinski definition) is 3. The standard InChI is InChI=1S/C27H32N2O6/c1-15(2)23(26(31)32)16(3)28-25(30)24-22(12-13-34-24)29-27(33)35-14-21-19-10-6-4-8-17(19)18-9-5-7-11-20(18)21/h4-11,15-16,21-24H,12-14H2,1-3H3,(H,28,30)(H,29,33)(H,31,32)/t16?,22-,23?,24+/m1/s1. The van der Waals surface area contributed by atoms with Gasteiger partial charge in [0.1, 0.15) is 6.61 Å². The van der Waals surface area contributed by atoms with E-state index >= 15 is 0 Å². The molecular formula is C27H32N2O6. The van der Waals surface area contributed by atoms with Gasteiger partial charge in [0.2, 0.25) is 0 Å². The van der Waals surface area contributed by atoms with Crippen molar-refractivity contribution in [1.29, 1.82) is 0 Å². The molecule has 2 aromatic carbocycles. The van der Waals surface area contributed by atoms with Crippen molar-refractivity contribution in [3.63, 3.8) is 0 Å². The summed E-state index contributed by atoms with van der Waals surface area (Å²) in [6.45, 7) is 5.76. The van der Waals surface area contributed by atoms with E-state index < -0.39 is 42.1 Å². The third-order valence-corrected chi connectivity index (χ3v) is 6.91. The minimum Gasteiger partial charge on any atom is -0.481 e. The Bertz CT molecular complexity index is 1060. The first kappa shape index (κ1) is 24.7. The second kappa shape index (κ2) is 10.5. The SMILES string of the molecule is CC(C)C(C(=O)O)C(C)NC(=O)[C@H]1OCC[C@H]1NC(=O)OCC1c2ccccc2-c2ccccc21. The second-order valence-corrected chi connectivity index (χ2v) is 9.56. The molecule has 2 amide bonds. The Morgan fingerprint density at radius 2 is 1.63 bits per heavy atom. The van der Waals surface area contributed by atoms with Gasteiger partial charge in [-0.15, -0.1) is 0 Å². The number of carbonyl (C=O) groups excluding carboxylic acids is 2. The highest BCUT2D eigenvalue weighted by Gasteiger charge is 2.38. The summed E-state index contributed by atoms with van der Waals surface area (Å²) in [7, 11) is 0. The number of nitrogens with one attached hydrogen (secondary N) is 2. The maximum atomic E-state index is 12.8. The van der Waals surface area contributed by atoms with Crippen molar-refractivity contribution >= 4 is 18.0 Å². The Balaban J connectivity index is 1.35. The molecule has 0 bridgehead atoms. The van der Waals surface area contributed by atoms with Crippen LogP contribution in [0.1, 0.15) is 44.2 Å². The Labute approximate surface area is 205 Å². The third-order valence-electron chi connectivity index (χ3n) is 6.91. The molecule has 2 aromatic rings. The molecule has 0 radical (unpaired) electrons. The molecule has 1 fully saturated rings. The number of carbonyl (C=O) groups is 3. The Kier molecular flexibility index (Phi) is 7.40. The van der Waals surface area contributed by atoms with Gasteiger partial charge in [0, 0.05) is 18.6 Å². The molecule has 4 rings (SSSR count). The van der Waals surface area contributed by atoms with Crippen molar-refractivity contribution in [3.05, 3.63) is 59.7 Å². The van der Waals surface area contributed by atoms with E-state index in [0.29, 0.717) is 13.0 Å². The van der Waals surface area contributed by atoms with E-state index in [0.717, 1.165) is 22.3 Å². The lowest BCUT2D eigenvalue weighted by Crippen LogP contribution is -2.52. The van der Waals surface area contributed by atoms with E-state index in [-0.39, 0.29) is 18.4 Å². The van der Waals surface area contributed by atoms with Gasteiger partial charge in [-0.05, 0) is 41.5 Å². The zero-order valence-electron chi connectivity index (χ0n) is 20.2. The molecule has 1 aliphatic carbocycles. The summed E-state index contributed by atoms with van der Waals surface area (Å²) in [6.07, 6.45) is -1.05. The molecule has 2 unspecified atom stereocenters. The maximum Gasteiger partial charge on any atom is 0.407 e. The van der Waals surface area contributed by atoms with Crippen LogP contribution in [0.2, 0.25) is 0 Å². The average Bonchev–Trinajstić information content (AvgIpc) is 3.39. The minimum absolute atomic E-state index is 0.0584. The van der Waals surface area contributed by atoms with E-state index in [1.165, 1.54) is 0 Å². The fourth-order valence-electron chi connectivity index (χ4n) is 5.26. The molecule has 8 heteroatoms. The van der Waals surface area contributed by atoms with Gasteiger partial charge < -0.3 is 25.2 Å². The fraction of sp³-hybridized carbons (Fsp3) is 0.444. The first-order valence-electron chi connectivity index (χ1n) is 12.0. The minimum atomic E-state index is -0.964. The number of ether oxygens (including phenoxy) is 2. The number of hydrogen-bond acceptors (Lipinski definition) is 5. The van der Waals surface area contributed by atoms with Crippen LogP contribution >= 0.6 is 0 Å². The monoisotopic (exact) mass is 480 g/mol. The van der Waals surface area contributed by atoms with Crippen molar-refractivity contribution in [2.75, 3.05) is 13.2 Å². The fourth-order valence-corrected chi connectivity index (χ4v) is 5.26. The summed E-state index contributed by atoms with van der Waals surface area (Å²) < 4.78 is 11.2. The molecule has 3 N–H and O–H groups in total. The van der Waals surface area contributed by atoms with Crippen molar-refractivity contribution in [1.82, 2.24) is 10.6 Å². The van der Waals surface area contributed by atoms with Gasteiger partial charge in [0.15, 0.2) is 6.10 Å². The van der Waals surface area contributed by atoms with Crippen LogP contribution in [0.5, 0.6) is 0 Å². The molecule has 4 atom stereocenters. The summed E-state index contributed by atoms with van der Waals surface area (Å²) in [4.78, 5) is 37.1. The van der Waals surface area contributed by atoms with E-state index in [9.17, 15) is 19.5 Å². The van der Waals surface area contributed by atoms with Crippen LogP contribution in [-0.4, -0.2) is 54.5 Å². The summed E-state index contributed by atoms with van der Waals surface area (Å²) in [5, 5.41) is 15.0. The third kappa shape index (κ3) is 5.17. The molecule has 0 spiro atoms. The normalized spacial score (nSPS) is 20.6. The molecule has 35 heavy (non-hydrogen) atoms. The first-order valence-corrected chi connectivity index (χ1v) is 12.0. The molecule has 1 saturated heterocycles. The Morgan fingerprint density at radius 1 is 1.03 bits per heavy atom. The molecule has 8 nitrogen and oxygen atoms in total. The molecule has 186 valence electrons. The molecule has 0 aromatic heterocycles. The predicted molar refractivity (Wildman–Crippen MR) is 130 cm³/mol. The summed E-state index contributed by atoms with van der Waals surface area (Å²) in [5.74, 6) is -2.34. The summed E-state index contributed by atoms with van der Waals surface area (Å²) in [6, 6.07) is 15.1. The van der Waals surface area contributed by atoms with Gasteiger partial charge in [0.05, 0.1) is 12.0 Å². The summed E-state index contributed by atoms with van der Waals surface area (Å²) >= 11 is 0. The van der Waals surface area contributed by atoms with Gasteiger partial charge in [0.25, 0.3) is 5.91 Å². The number of aliphatic carboxylic acids is 1. The van der Waals surface area contributed by atoms with E-state index in [1.807, 2.05) is 24.3 Å². The van der Waals surface area contributed by atoms with Crippen LogP contribution in [0.3, 0.4) is 0 Å². The van der Waals surface area contributed by atoms with Gasteiger partial charge >= 0.3 is 12.1 Å². The lowest BCUT2D eigenvalue weighted by Gasteiger charge is -2.27. The van der Waals surface area contributed by atoms with Crippen LogP contribution in [0.4, 0.5) is 4.79 Å². The number of carboxylic acids is 1. The number of alkyl carbamates (subject to hydrolysis) is 1. The molecule has 0 saturated carbocycles. The van der Waals surface area contributed by atoms with Crippen LogP contribution in [-0.2, 0) is 19.1 Å². The van der Waals surface area contributed by atoms with Gasteiger partial charge in [-0.25, -0.2) is 4.79 Å². The van der Waals surface area contributed by atoms with Crippen molar-refractivity contribution in [2.45, 2.75) is 51.3 Å². The van der Waals surface area contributed by atoms with Gasteiger partial charge in [-0.1, -0.05) is 62.4 Å². The number of carboxylic acid groups (broad SMARTS) is 1. The van der Waals surface area contributed by atoms with Gasteiger partial charge in [-0.2, -0.15) is 0 Å². The van der Waals surface area contributed by atoms with Crippen molar-refractivity contribution < 1.29 is 29.0 Å². The zero-order valence-corrected chi connectivity index (χ0v) is 20.2. The second-order valence-electron chi connectivity index (χ2n) is 9.56. The quantitative estimate of drug-likeness (QED) is 0.533. The van der Waals surface area contributed by atoms with Crippen molar-refractivity contribution in [2.24, 2.45) is 11.8 Å². The molecule has 2 aliphatic rings. The average molecular weight is 481 g/mol. The Morgan fingerprint density at radius 3 is 2.20 bits per heavy atom. The van der Waals surface area contributed by atoms with Crippen LogP contribution in [0.15, 0.2) is 48.5 Å². The van der Waals surface area contributed by atoms with E-state index in [1.54, 1.807) is 20.8 Å². The topological polar surface area (TPSA) is 114 Å². The summed E-state index contributed by atoms with van der Waals surface area (Å²) in [5.41, 5.74) is 4.53. The molecule has 1 aliphatic heterocycles. The largest absolute Gasteiger partial charge is 0.481 e. The highest BCUT2D eigenvalue weighted by Crippen LogP contribution is 2.44. The van der Waals surface area contributed by atoms with Crippen molar-refractivity contribution in [3.8, 4) is 11.1 Å². The number of benzene rings is 2. The van der Waals surface area contributed by atoms with Crippen LogP contribution < -0.4 is 10.6 Å². The molecular weight excluding hydrogens is 448 g/mol. The predicted octanol–water partition coefficient (Wildman–Crippen LogP) is 3.54. The van der Waals surface area contributed by atoms with Gasteiger partial charge in [-0.3, -0.25) is 9.59 Å². The smallest absolute Gasteiger partial charge is 0.407 e. The number of amides is 2. The Hall–Kier alpha value is -3.39. The highest BCUT2D eigenvalue weighted by atomic mass is 16.6. The zero-order chi connectivity index (χ0) is 25.1. The van der Waals surface area contributed by atoms with E-state index in [2.05, 4.69) is 34.9 Å². The van der Waals surface area contributed by atoms with Crippen LogP contribution in [0.25, 0.3) is 11.1 Å². The lowest BCUT2D eigenvalue weighted by atomic mass is 9.89. The lowest BCUT2D eigenvalue weighted by molar-refractivity contribution is -0.145. The highest BCUT2D eigenvalue weighted by molar-refractivity contribution is 5.84. The maximum absolute atomic E-state index is 12.8. The first-order chi connectivity index (χ1) is 16.8. The number of fused-ring (bicyclic) bond motifs is 3. The van der Waals surface area contributed by atoms with E-state index in [4.69, 9.17) is 9.47 Å². The number of rotatable bonds is 8. The van der Waals surface area contributed by atoms with Crippen LogP contribution in [0, 0.1) is 11.8 Å².